The van der Waals surface area contributed by atoms with E-state index in [0.29, 0.717) is 0 Å². The number of hydrogen-bond acceptors (Lipinski definition) is 4. The first kappa shape index (κ1) is 13.5. The molecule has 18 heavy (non-hydrogen) atoms. The summed E-state index contributed by atoms with van der Waals surface area (Å²) in [5, 5.41) is 13.9. The fraction of sp³-hybridized carbons (Fsp3) is 0.455. The Labute approximate surface area is 117 Å². The molecule has 0 saturated heterocycles. The summed E-state index contributed by atoms with van der Waals surface area (Å²) >= 11 is 1.74. The molecule has 1 saturated carbocycles. The molecule has 0 aromatic heterocycles. The van der Waals surface area contributed by atoms with Crippen molar-refractivity contribution in [3.63, 3.8) is 0 Å². The summed E-state index contributed by atoms with van der Waals surface area (Å²) in [7, 11) is 0. The lowest BCUT2D eigenvalue weighted by atomic mass is 10.1. The third-order valence-corrected chi connectivity index (χ3v) is 3.97. The highest BCUT2D eigenvalue weighted by Gasteiger charge is 2.27. The lowest BCUT2D eigenvalue weighted by molar-refractivity contribution is -0.384. The number of rotatable bonds is 3. The first-order valence-corrected chi connectivity index (χ1v) is 6.72. The molecule has 2 unspecified atom stereocenters. The lowest BCUT2D eigenvalue weighted by Gasteiger charge is -2.18. The van der Waals surface area contributed by atoms with Crippen molar-refractivity contribution in [2.75, 3.05) is 5.32 Å². The van der Waals surface area contributed by atoms with E-state index >= 15 is 0 Å². The van der Waals surface area contributed by atoms with Crippen molar-refractivity contribution < 1.29 is 9.31 Å². The molecule has 0 spiro atoms. The zero-order valence-electron chi connectivity index (χ0n) is 9.53. The number of halogens is 2. The van der Waals surface area contributed by atoms with E-state index < -0.39 is 10.7 Å². The van der Waals surface area contributed by atoms with Crippen molar-refractivity contribution in [2.45, 2.75) is 31.3 Å². The summed E-state index contributed by atoms with van der Waals surface area (Å²) in [5.74, 6) is -0.463. The van der Waals surface area contributed by atoms with Crippen LogP contribution < -0.4 is 11.1 Å². The van der Waals surface area contributed by atoms with E-state index in [4.69, 9.17) is 5.73 Å². The number of anilines is 1. The van der Waals surface area contributed by atoms with Crippen LogP contribution >= 0.6 is 22.6 Å². The Kier molecular flexibility index (Phi) is 4.00. The van der Waals surface area contributed by atoms with Crippen molar-refractivity contribution in [3.05, 3.63) is 31.6 Å². The number of hydrogen-bond donors (Lipinski definition) is 2. The molecular weight excluding hydrogens is 352 g/mol. The molecule has 0 radical (unpaired) electrons. The predicted octanol–water partition coefficient (Wildman–Crippen LogP) is 2.63. The zero-order chi connectivity index (χ0) is 13.3. The van der Waals surface area contributed by atoms with Crippen LogP contribution in [0.4, 0.5) is 15.8 Å². The smallest absolute Gasteiger partial charge is 0.293 e. The number of nitrogens with zero attached hydrogens (tertiary/aromatic N) is 1. The molecule has 98 valence electrons. The van der Waals surface area contributed by atoms with Crippen LogP contribution in [-0.2, 0) is 0 Å². The highest BCUT2D eigenvalue weighted by molar-refractivity contribution is 14.1. The van der Waals surface area contributed by atoms with Gasteiger partial charge in [0.05, 0.1) is 8.49 Å². The number of benzene rings is 1. The van der Waals surface area contributed by atoms with E-state index in [1.165, 1.54) is 12.1 Å². The van der Waals surface area contributed by atoms with Crippen molar-refractivity contribution in [1.29, 1.82) is 0 Å². The summed E-state index contributed by atoms with van der Waals surface area (Å²) < 4.78 is 13.7. The van der Waals surface area contributed by atoms with Gasteiger partial charge in [-0.15, -0.1) is 0 Å². The summed E-state index contributed by atoms with van der Waals surface area (Å²) in [6.07, 6.45) is 2.73. The fourth-order valence-electron chi connectivity index (χ4n) is 2.17. The second-order valence-electron chi connectivity index (χ2n) is 4.39. The Morgan fingerprint density at radius 3 is 2.78 bits per heavy atom. The predicted molar refractivity (Wildman–Crippen MR) is 75.0 cm³/mol. The van der Waals surface area contributed by atoms with E-state index in [2.05, 4.69) is 5.32 Å². The maximum absolute atomic E-state index is 13.5. The van der Waals surface area contributed by atoms with Gasteiger partial charge >= 0.3 is 0 Å². The largest absolute Gasteiger partial charge is 0.375 e. The fourth-order valence-corrected chi connectivity index (χ4v) is 2.62. The molecule has 1 aromatic carbocycles. The molecule has 1 aromatic rings. The monoisotopic (exact) mass is 365 g/mol. The summed E-state index contributed by atoms with van der Waals surface area (Å²) in [6, 6.07) is 2.35. The van der Waals surface area contributed by atoms with Crippen LogP contribution in [0.3, 0.4) is 0 Å². The van der Waals surface area contributed by atoms with Gasteiger partial charge in [0, 0.05) is 24.2 Å². The molecule has 0 amide bonds. The minimum absolute atomic E-state index is 0.0249. The summed E-state index contributed by atoms with van der Waals surface area (Å²) in [4.78, 5) is 10.4. The van der Waals surface area contributed by atoms with E-state index in [1.807, 2.05) is 0 Å². The van der Waals surface area contributed by atoms with Gasteiger partial charge in [-0.3, -0.25) is 10.1 Å². The summed E-state index contributed by atoms with van der Waals surface area (Å²) in [5.41, 5.74) is 5.99. The van der Waals surface area contributed by atoms with Gasteiger partial charge in [0.1, 0.15) is 11.5 Å². The van der Waals surface area contributed by atoms with Crippen LogP contribution in [0.25, 0.3) is 0 Å². The van der Waals surface area contributed by atoms with Gasteiger partial charge in [-0.2, -0.15) is 0 Å². The van der Waals surface area contributed by atoms with Gasteiger partial charge < -0.3 is 11.1 Å². The Balaban J connectivity index is 2.30. The SMILES string of the molecule is NC1CCCC1Nc1cc(F)c(I)cc1[N+](=O)[O-]. The molecule has 0 bridgehead atoms. The van der Waals surface area contributed by atoms with E-state index in [-0.39, 0.29) is 27.0 Å². The second-order valence-corrected chi connectivity index (χ2v) is 5.55. The number of nitrogens with two attached hydrogens (primary N) is 1. The topological polar surface area (TPSA) is 81.2 Å². The normalized spacial score (nSPS) is 23.1. The third-order valence-electron chi connectivity index (χ3n) is 3.15. The average Bonchev–Trinajstić information content (AvgIpc) is 2.69. The van der Waals surface area contributed by atoms with E-state index in [9.17, 15) is 14.5 Å². The van der Waals surface area contributed by atoms with Crippen LogP contribution in [0, 0.1) is 19.5 Å². The standard InChI is InChI=1S/C11H13FIN3O2/c12-6-4-10(11(16(17)18)5-7(6)13)15-9-3-1-2-8(9)14/h4-5,8-9,15H,1-3,14H2. The van der Waals surface area contributed by atoms with Crippen LogP contribution in [0.1, 0.15) is 19.3 Å². The van der Waals surface area contributed by atoms with Crippen LogP contribution in [0.5, 0.6) is 0 Å². The Morgan fingerprint density at radius 1 is 1.50 bits per heavy atom. The molecule has 1 aliphatic carbocycles. The maximum Gasteiger partial charge on any atom is 0.293 e. The number of nitrogens with one attached hydrogen (secondary N) is 1. The highest BCUT2D eigenvalue weighted by Crippen LogP contribution is 2.31. The van der Waals surface area contributed by atoms with Crippen LogP contribution in [0.15, 0.2) is 12.1 Å². The third kappa shape index (κ3) is 2.72. The maximum atomic E-state index is 13.5. The van der Waals surface area contributed by atoms with Crippen molar-refractivity contribution in [3.8, 4) is 0 Å². The molecule has 5 nitrogen and oxygen atoms in total. The second kappa shape index (κ2) is 5.35. The molecule has 3 N–H and O–H groups in total. The van der Waals surface area contributed by atoms with Gasteiger partial charge in [0.2, 0.25) is 0 Å². The minimum Gasteiger partial charge on any atom is -0.375 e. The molecule has 2 atom stereocenters. The molecule has 1 fully saturated rings. The van der Waals surface area contributed by atoms with Crippen LogP contribution in [-0.4, -0.2) is 17.0 Å². The van der Waals surface area contributed by atoms with Crippen molar-refractivity contribution in [2.24, 2.45) is 5.73 Å². The quantitative estimate of drug-likeness (QED) is 0.490. The Bertz CT molecular complexity index is 484. The molecule has 1 aliphatic rings. The van der Waals surface area contributed by atoms with Gasteiger partial charge in [-0.05, 0) is 41.9 Å². The average molecular weight is 365 g/mol. The van der Waals surface area contributed by atoms with Gasteiger partial charge in [0.25, 0.3) is 5.69 Å². The Morgan fingerprint density at radius 2 is 2.22 bits per heavy atom. The first-order chi connectivity index (χ1) is 8.49. The van der Waals surface area contributed by atoms with Gasteiger partial charge in [-0.25, -0.2) is 4.39 Å². The molecule has 7 heteroatoms. The van der Waals surface area contributed by atoms with Crippen LogP contribution in [0.2, 0.25) is 0 Å². The number of nitro benzene ring substituents is 1. The van der Waals surface area contributed by atoms with Crippen molar-refractivity contribution in [1.82, 2.24) is 0 Å². The minimum atomic E-state index is -0.510. The molecule has 0 heterocycles. The number of nitro groups is 1. The van der Waals surface area contributed by atoms with E-state index in [1.54, 1.807) is 22.6 Å². The Hall–Kier alpha value is -0.960. The first-order valence-electron chi connectivity index (χ1n) is 5.64. The highest BCUT2D eigenvalue weighted by atomic mass is 127. The molecule has 0 aliphatic heterocycles. The molecule has 2 rings (SSSR count). The lowest BCUT2D eigenvalue weighted by Crippen LogP contribution is -2.35. The van der Waals surface area contributed by atoms with E-state index in [0.717, 1.165) is 19.3 Å². The zero-order valence-corrected chi connectivity index (χ0v) is 11.7. The van der Waals surface area contributed by atoms with Gasteiger partial charge in [-0.1, -0.05) is 0 Å². The van der Waals surface area contributed by atoms with Gasteiger partial charge in [0.15, 0.2) is 0 Å². The van der Waals surface area contributed by atoms with Crippen molar-refractivity contribution >= 4 is 34.0 Å². The summed E-state index contributed by atoms with van der Waals surface area (Å²) in [6.45, 7) is 0. The molecular formula is C11H13FIN3O2.